The van der Waals surface area contributed by atoms with Crippen molar-refractivity contribution in [3.63, 3.8) is 0 Å². The largest absolute Gasteiger partial charge is 0.456 e. The molecule has 3 fully saturated rings. The highest BCUT2D eigenvalue weighted by atomic mass is 16.6. The van der Waals surface area contributed by atoms with Gasteiger partial charge in [0.2, 0.25) is 0 Å². The molecule has 6 nitrogen and oxygen atoms in total. The van der Waals surface area contributed by atoms with E-state index in [9.17, 15) is 25.2 Å². The van der Waals surface area contributed by atoms with Crippen molar-refractivity contribution in [2.75, 3.05) is 0 Å². The number of esters is 1. The van der Waals surface area contributed by atoms with Gasteiger partial charge in [0.05, 0.1) is 18.1 Å². The molecule has 0 aromatic rings. The van der Waals surface area contributed by atoms with Crippen LogP contribution in [0.5, 0.6) is 0 Å². The van der Waals surface area contributed by atoms with E-state index in [-0.39, 0.29) is 0 Å². The Bertz CT molecular complexity index is 276. The van der Waals surface area contributed by atoms with E-state index >= 15 is 0 Å². The Labute approximate surface area is 92.5 Å². The Morgan fingerprint density at radius 2 is 1.69 bits per heavy atom. The van der Waals surface area contributed by atoms with Crippen molar-refractivity contribution in [1.82, 2.24) is 0 Å². The van der Waals surface area contributed by atoms with Crippen molar-refractivity contribution in [3.05, 3.63) is 0 Å². The molecule has 3 aliphatic rings. The van der Waals surface area contributed by atoms with E-state index in [1.165, 1.54) is 0 Å². The third-order valence-corrected chi connectivity index (χ3v) is 3.40. The smallest absolute Gasteiger partial charge is 0.312 e. The molecule has 4 N–H and O–H groups in total. The molecule has 1 aliphatic carbocycles. The van der Waals surface area contributed by atoms with Crippen molar-refractivity contribution >= 4 is 5.97 Å². The van der Waals surface area contributed by atoms with Gasteiger partial charge < -0.3 is 25.2 Å². The van der Waals surface area contributed by atoms with Gasteiger partial charge in [-0.2, -0.15) is 0 Å². The van der Waals surface area contributed by atoms with E-state index in [1.54, 1.807) is 0 Å². The third kappa shape index (κ3) is 1.82. The topological polar surface area (TPSA) is 107 Å². The first-order valence-corrected chi connectivity index (χ1v) is 5.45. The highest BCUT2D eigenvalue weighted by molar-refractivity contribution is 5.74. The second-order valence-corrected chi connectivity index (χ2v) is 4.48. The van der Waals surface area contributed by atoms with E-state index in [2.05, 4.69) is 0 Å². The van der Waals surface area contributed by atoms with Crippen molar-refractivity contribution in [2.24, 2.45) is 5.92 Å². The van der Waals surface area contributed by atoms with Crippen LogP contribution in [0.1, 0.15) is 19.3 Å². The molecule has 0 radical (unpaired) electrons. The maximum Gasteiger partial charge on any atom is 0.312 e. The summed E-state index contributed by atoms with van der Waals surface area (Å²) in [5, 5.41) is 38.7. The zero-order chi connectivity index (χ0) is 11.9. The fraction of sp³-hybridized carbons (Fsp3) is 0.900. The minimum Gasteiger partial charge on any atom is -0.456 e. The minimum atomic E-state index is -1.35. The van der Waals surface area contributed by atoms with Gasteiger partial charge >= 0.3 is 5.97 Å². The first kappa shape index (κ1) is 11.8. The first-order valence-electron chi connectivity index (χ1n) is 5.45. The summed E-state index contributed by atoms with van der Waals surface area (Å²) in [5.74, 6) is -1.38. The molecule has 0 aromatic carbocycles. The van der Waals surface area contributed by atoms with E-state index in [1.807, 2.05) is 0 Å². The molecule has 1 saturated carbocycles. The molecule has 16 heavy (non-hydrogen) atoms. The number of carbonyl (C=O) groups excluding carboxylic acids is 1. The van der Waals surface area contributed by atoms with Gasteiger partial charge in [-0.05, 0) is 19.3 Å². The maximum atomic E-state index is 11.5. The highest BCUT2D eigenvalue weighted by Crippen LogP contribution is 2.31. The maximum absolute atomic E-state index is 11.5. The van der Waals surface area contributed by atoms with Crippen molar-refractivity contribution in [1.29, 1.82) is 0 Å². The lowest BCUT2D eigenvalue weighted by atomic mass is 9.88. The summed E-state index contributed by atoms with van der Waals surface area (Å²) < 4.78 is 4.88. The van der Waals surface area contributed by atoms with Crippen molar-refractivity contribution in [2.45, 2.75) is 49.8 Å². The molecule has 2 saturated heterocycles. The summed E-state index contributed by atoms with van der Waals surface area (Å²) in [6.07, 6.45) is -5.06. The Morgan fingerprint density at radius 3 is 2.38 bits per heavy atom. The second kappa shape index (κ2) is 4.29. The van der Waals surface area contributed by atoms with E-state index in [4.69, 9.17) is 4.74 Å². The van der Waals surface area contributed by atoms with Crippen LogP contribution in [0.25, 0.3) is 0 Å². The lowest BCUT2D eigenvalue weighted by molar-refractivity contribution is -0.210. The molecule has 0 unspecified atom stereocenters. The molecule has 0 aromatic heterocycles. The normalized spacial score (nSPS) is 49.1. The lowest BCUT2D eigenvalue weighted by Gasteiger charge is -2.38. The summed E-state index contributed by atoms with van der Waals surface area (Å²) in [5.41, 5.74) is 0. The van der Waals surface area contributed by atoms with Gasteiger partial charge in [0.15, 0.2) is 6.10 Å². The fourth-order valence-electron chi connectivity index (χ4n) is 2.36. The van der Waals surface area contributed by atoms with Crippen molar-refractivity contribution in [3.8, 4) is 0 Å². The standard InChI is InChI=1S/C10H16O6/c11-5-3-1-2-4-6(12)8(14)9(7(5)13)16-10(4)15/h4-9,11-14H,1-3H2/t4-,5+,6-,7+,8-,9+/m0/s1. The summed E-state index contributed by atoms with van der Waals surface area (Å²) in [7, 11) is 0. The van der Waals surface area contributed by atoms with Crippen LogP contribution in [0.4, 0.5) is 0 Å². The number of rotatable bonds is 0. The van der Waals surface area contributed by atoms with E-state index in [0.717, 1.165) is 0 Å². The highest BCUT2D eigenvalue weighted by Gasteiger charge is 2.49. The monoisotopic (exact) mass is 232 g/mol. The zero-order valence-electron chi connectivity index (χ0n) is 8.69. The summed E-state index contributed by atoms with van der Waals surface area (Å²) in [6, 6.07) is 0. The van der Waals surface area contributed by atoms with E-state index in [0.29, 0.717) is 19.3 Å². The molecule has 2 aliphatic heterocycles. The average molecular weight is 232 g/mol. The lowest BCUT2D eigenvalue weighted by Crippen LogP contribution is -2.57. The predicted molar refractivity (Wildman–Crippen MR) is 51.2 cm³/mol. The summed E-state index contributed by atoms with van der Waals surface area (Å²) >= 11 is 0. The van der Waals surface area contributed by atoms with Gasteiger partial charge in [-0.1, -0.05) is 0 Å². The van der Waals surface area contributed by atoms with Crippen LogP contribution < -0.4 is 0 Å². The van der Waals surface area contributed by atoms with Crippen LogP contribution in [0.15, 0.2) is 0 Å². The number of aliphatic hydroxyl groups excluding tert-OH is 4. The Balaban J connectivity index is 2.28. The van der Waals surface area contributed by atoms with Gasteiger partial charge in [-0.15, -0.1) is 0 Å². The van der Waals surface area contributed by atoms with Crippen LogP contribution in [0, 0.1) is 5.92 Å². The van der Waals surface area contributed by atoms with Gasteiger partial charge in [0, 0.05) is 0 Å². The third-order valence-electron chi connectivity index (χ3n) is 3.40. The predicted octanol–water partition coefficient (Wildman–Crippen LogP) is -1.84. The van der Waals surface area contributed by atoms with E-state index < -0.39 is 42.4 Å². The first-order chi connectivity index (χ1) is 7.52. The molecule has 6 atom stereocenters. The molecule has 3 rings (SSSR count). The van der Waals surface area contributed by atoms with Crippen LogP contribution in [-0.4, -0.2) is 56.9 Å². The molecule has 2 bridgehead atoms. The molecule has 92 valence electrons. The SMILES string of the molecule is O=C1O[C@H]2[C@@H](O)[C@@H](O)[C@@H]1CCC[C@@H](O)[C@H]2O. The van der Waals surface area contributed by atoms with Gasteiger partial charge in [-0.3, -0.25) is 4.79 Å². The quantitative estimate of drug-likeness (QED) is 0.365. The molecular weight excluding hydrogens is 216 g/mol. The van der Waals surface area contributed by atoms with Crippen LogP contribution >= 0.6 is 0 Å². The fourth-order valence-corrected chi connectivity index (χ4v) is 2.36. The number of carbonyl (C=O) groups is 1. The summed E-state index contributed by atoms with van der Waals surface area (Å²) in [4.78, 5) is 11.5. The Hall–Kier alpha value is -0.690. The molecule has 0 amide bonds. The minimum absolute atomic E-state index is 0.324. The van der Waals surface area contributed by atoms with Gasteiger partial charge in [-0.25, -0.2) is 0 Å². The average Bonchev–Trinajstić information content (AvgIpc) is 2.32. The van der Waals surface area contributed by atoms with Crippen molar-refractivity contribution < 1.29 is 30.0 Å². The Morgan fingerprint density at radius 1 is 1.00 bits per heavy atom. The zero-order valence-corrected chi connectivity index (χ0v) is 8.69. The number of ether oxygens (including phenoxy) is 1. The molecular formula is C10H16O6. The van der Waals surface area contributed by atoms with Gasteiger partial charge in [0.1, 0.15) is 12.2 Å². The Kier molecular flexibility index (Phi) is 3.16. The molecule has 2 heterocycles. The number of fused-ring (bicyclic) bond motifs is 6. The van der Waals surface area contributed by atoms with Crippen LogP contribution in [0.3, 0.4) is 0 Å². The number of hydrogen-bond acceptors (Lipinski definition) is 6. The number of hydrogen-bond donors (Lipinski definition) is 4. The van der Waals surface area contributed by atoms with Crippen LogP contribution in [0.2, 0.25) is 0 Å². The number of aliphatic hydroxyl groups is 4. The van der Waals surface area contributed by atoms with Gasteiger partial charge in [0.25, 0.3) is 0 Å². The summed E-state index contributed by atoms with van der Waals surface area (Å²) in [6.45, 7) is 0. The van der Waals surface area contributed by atoms with Crippen LogP contribution in [-0.2, 0) is 9.53 Å². The second-order valence-electron chi connectivity index (χ2n) is 4.48. The molecule has 6 heteroatoms. The molecule has 0 spiro atoms.